The zero-order chi connectivity index (χ0) is 46.9. The highest BCUT2D eigenvalue weighted by Crippen LogP contribution is 2.47. The topological polar surface area (TPSA) is 192 Å². The van der Waals surface area contributed by atoms with Crippen molar-refractivity contribution in [2.45, 2.75) is 198 Å². The summed E-state index contributed by atoms with van der Waals surface area (Å²) < 4.78 is 34.2. The molecule has 1 aliphatic rings. The standard InChI is InChI=1S/C51H85O12P/c1-3-5-7-9-11-13-15-17-19-21-23-24-26-28-30-32-34-36-38-40-45(52)62-44(43-61-64(58,59)63-51-49(56)47(54)46(53)48(55)50(51)57)42-60-41-39-37-35-33-31-29-27-25-22-20-18-16-14-12-10-8-6-4-2/h5-8,11-14,17-20,23-24,28,30,44,46-51,53-57H,3-4,9-10,15-16,21-22,25-27,29,31-43H2,1-2H3,(H,58,59)/b7-5-,8-6-,13-11-,14-12-,19-17-,20-18-,24-23-,30-28-. The zero-order valence-electron chi connectivity index (χ0n) is 39.0. The number of ether oxygens (including phenoxy) is 2. The lowest BCUT2D eigenvalue weighted by atomic mass is 9.85. The van der Waals surface area contributed by atoms with E-state index in [1.54, 1.807) is 0 Å². The summed E-state index contributed by atoms with van der Waals surface area (Å²) in [7, 11) is -5.04. The molecule has 13 heteroatoms. The van der Waals surface area contributed by atoms with E-state index in [0.717, 1.165) is 103 Å². The predicted octanol–water partition coefficient (Wildman–Crippen LogP) is 10.3. The molecular weight excluding hydrogens is 836 g/mol. The van der Waals surface area contributed by atoms with Crippen molar-refractivity contribution in [3.63, 3.8) is 0 Å². The van der Waals surface area contributed by atoms with Gasteiger partial charge in [-0.3, -0.25) is 13.8 Å². The van der Waals surface area contributed by atoms with E-state index in [1.807, 2.05) is 0 Å². The molecule has 0 aromatic heterocycles. The highest BCUT2D eigenvalue weighted by molar-refractivity contribution is 7.47. The number of phosphoric ester groups is 1. The van der Waals surface area contributed by atoms with E-state index in [4.69, 9.17) is 18.5 Å². The van der Waals surface area contributed by atoms with E-state index in [0.29, 0.717) is 13.0 Å². The van der Waals surface area contributed by atoms with Gasteiger partial charge in [0.15, 0.2) is 0 Å². The molecule has 0 amide bonds. The van der Waals surface area contributed by atoms with E-state index in [1.165, 1.54) is 25.7 Å². The number of allylic oxidation sites excluding steroid dienone is 16. The molecule has 0 bridgehead atoms. The average molecular weight is 921 g/mol. The third kappa shape index (κ3) is 32.0. The number of hydrogen-bond acceptors (Lipinski definition) is 11. The Labute approximate surface area is 385 Å². The molecule has 366 valence electrons. The first kappa shape index (κ1) is 59.3. The number of aliphatic hydroxyl groups is 5. The number of unbranched alkanes of at least 4 members (excludes halogenated alkanes) is 11. The van der Waals surface area contributed by atoms with Gasteiger partial charge in [0, 0.05) is 13.0 Å². The average Bonchev–Trinajstić information content (AvgIpc) is 3.28. The van der Waals surface area contributed by atoms with Gasteiger partial charge < -0.3 is 39.9 Å². The summed E-state index contributed by atoms with van der Waals surface area (Å²) in [5.41, 5.74) is 0. The fourth-order valence-corrected chi connectivity index (χ4v) is 7.66. The van der Waals surface area contributed by atoms with Crippen LogP contribution in [0.3, 0.4) is 0 Å². The van der Waals surface area contributed by atoms with Gasteiger partial charge in [-0.1, -0.05) is 156 Å². The minimum Gasteiger partial charge on any atom is -0.457 e. The fourth-order valence-electron chi connectivity index (χ4n) is 6.69. The molecule has 0 aromatic carbocycles. The van der Waals surface area contributed by atoms with E-state index in [-0.39, 0.29) is 13.0 Å². The first-order valence-electron chi connectivity index (χ1n) is 24.1. The quantitative estimate of drug-likeness (QED) is 0.0148. The molecule has 1 saturated carbocycles. The van der Waals surface area contributed by atoms with Crippen LogP contribution in [0.4, 0.5) is 0 Å². The van der Waals surface area contributed by atoms with E-state index >= 15 is 0 Å². The number of esters is 1. The number of hydrogen-bond donors (Lipinski definition) is 6. The smallest absolute Gasteiger partial charge is 0.457 e. The molecule has 6 unspecified atom stereocenters. The highest BCUT2D eigenvalue weighted by atomic mass is 31.2. The lowest BCUT2D eigenvalue weighted by Gasteiger charge is -2.41. The lowest BCUT2D eigenvalue weighted by Crippen LogP contribution is -2.64. The number of carbonyl (C=O) groups excluding carboxylic acids is 1. The molecule has 0 aliphatic heterocycles. The van der Waals surface area contributed by atoms with E-state index in [9.17, 15) is 39.8 Å². The zero-order valence-corrected chi connectivity index (χ0v) is 39.9. The number of rotatable bonds is 39. The Balaban J connectivity index is 2.42. The lowest BCUT2D eigenvalue weighted by molar-refractivity contribution is -0.220. The Bertz CT molecular complexity index is 1420. The van der Waals surface area contributed by atoms with Gasteiger partial charge in [-0.15, -0.1) is 0 Å². The molecule has 0 radical (unpaired) electrons. The largest absolute Gasteiger partial charge is 0.472 e. The molecule has 6 atom stereocenters. The summed E-state index contributed by atoms with van der Waals surface area (Å²) >= 11 is 0. The SMILES string of the molecule is CC/C=C\C/C=C\C/C=C\C/C=C\C/C=C\CCCCCC(=O)OC(COCCCCCCCCCC/C=C\C/C=C\C/C=C\CC)COP(=O)(O)OC1C(O)C(O)C(O)C(O)C1O. The minimum absolute atomic E-state index is 0.102. The molecule has 0 heterocycles. The number of phosphoric acid groups is 1. The van der Waals surface area contributed by atoms with Crippen LogP contribution >= 0.6 is 7.82 Å². The molecule has 64 heavy (non-hydrogen) atoms. The van der Waals surface area contributed by atoms with Gasteiger partial charge in [-0.25, -0.2) is 4.57 Å². The summed E-state index contributed by atoms with van der Waals surface area (Å²) in [4.78, 5) is 23.2. The summed E-state index contributed by atoms with van der Waals surface area (Å²) in [6.45, 7) is 3.97. The van der Waals surface area contributed by atoms with Crippen LogP contribution in [-0.4, -0.2) is 98.9 Å². The monoisotopic (exact) mass is 921 g/mol. The summed E-state index contributed by atoms with van der Waals surface area (Å²) in [6.07, 6.45) is 43.2. The van der Waals surface area contributed by atoms with Crippen LogP contribution in [0, 0.1) is 0 Å². The second-order valence-corrected chi connectivity index (χ2v) is 17.6. The maximum atomic E-state index is 12.8. The van der Waals surface area contributed by atoms with Gasteiger partial charge in [0.1, 0.15) is 42.7 Å². The summed E-state index contributed by atoms with van der Waals surface area (Å²) in [5, 5.41) is 50.2. The molecule has 1 aliphatic carbocycles. The minimum atomic E-state index is -5.04. The number of aliphatic hydroxyl groups excluding tert-OH is 5. The van der Waals surface area contributed by atoms with Crippen molar-refractivity contribution < 1.29 is 58.3 Å². The molecule has 0 aromatic rings. The molecule has 12 nitrogen and oxygen atoms in total. The first-order valence-corrected chi connectivity index (χ1v) is 25.6. The van der Waals surface area contributed by atoms with Gasteiger partial charge in [-0.2, -0.15) is 0 Å². The van der Waals surface area contributed by atoms with E-state index in [2.05, 4.69) is 111 Å². The van der Waals surface area contributed by atoms with Crippen molar-refractivity contribution in [1.82, 2.24) is 0 Å². The van der Waals surface area contributed by atoms with Crippen LogP contribution < -0.4 is 0 Å². The third-order valence-corrected chi connectivity index (χ3v) is 11.4. The Hall–Kier alpha value is -2.74. The third-order valence-electron chi connectivity index (χ3n) is 10.5. The van der Waals surface area contributed by atoms with Crippen molar-refractivity contribution in [2.24, 2.45) is 0 Å². The van der Waals surface area contributed by atoms with Crippen LogP contribution in [-0.2, 0) is 27.9 Å². The highest BCUT2D eigenvalue weighted by Gasteiger charge is 2.51. The maximum absolute atomic E-state index is 12.8. The van der Waals surface area contributed by atoms with Crippen molar-refractivity contribution in [2.75, 3.05) is 19.8 Å². The van der Waals surface area contributed by atoms with Crippen molar-refractivity contribution in [1.29, 1.82) is 0 Å². The van der Waals surface area contributed by atoms with Crippen LogP contribution in [0.15, 0.2) is 97.2 Å². The van der Waals surface area contributed by atoms with Crippen molar-refractivity contribution >= 4 is 13.8 Å². The van der Waals surface area contributed by atoms with Crippen LogP contribution in [0.5, 0.6) is 0 Å². The Morgan fingerprint density at radius 3 is 1.33 bits per heavy atom. The molecule has 1 rings (SSSR count). The van der Waals surface area contributed by atoms with Gasteiger partial charge in [-0.05, 0) is 89.9 Å². The van der Waals surface area contributed by atoms with Gasteiger partial charge in [0.25, 0.3) is 0 Å². The second kappa shape index (κ2) is 40.5. The normalized spacial score (nSPS) is 22.6. The fraction of sp³-hybridized carbons (Fsp3) is 0.667. The van der Waals surface area contributed by atoms with Crippen molar-refractivity contribution in [3.05, 3.63) is 97.2 Å². The van der Waals surface area contributed by atoms with E-state index < -0.39 is 63.1 Å². The Kier molecular flexibility index (Phi) is 37.5. The number of carbonyl (C=O) groups is 1. The Morgan fingerprint density at radius 1 is 0.500 bits per heavy atom. The summed E-state index contributed by atoms with van der Waals surface area (Å²) in [5.74, 6) is -0.515. The van der Waals surface area contributed by atoms with Crippen molar-refractivity contribution in [3.8, 4) is 0 Å². The van der Waals surface area contributed by atoms with Gasteiger partial charge in [0.2, 0.25) is 0 Å². The van der Waals surface area contributed by atoms with Crippen LogP contribution in [0.1, 0.15) is 155 Å². The first-order chi connectivity index (χ1) is 31.0. The van der Waals surface area contributed by atoms with Gasteiger partial charge >= 0.3 is 13.8 Å². The molecule has 0 saturated heterocycles. The summed E-state index contributed by atoms with van der Waals surface area (Å²) in [6, 6.07) is 0. The molecular formula is C51H85O12P. The molecule has 1 fully saturated rings. The van der Waals surface area contributed by atoms with Crippen LogP contribution in [0.2, 0.25) is 0 Å². The predicted molar refractivity (Wildman–Crippen MR) is 257 cm³/mol. The Morgan fingerprint density at radius 2 is 0.875 bits per heavy atom. The maximum Gasteiger partial charge on any atom is 0.472 e. The second-order valence-electron chi connectivity index (χ2n) is 16.2. The molecule has 0 spiro atoms. The molecule has 6 N–H and O–H groups in total. The van der Waals surface area contributed by atoms with Crippen LogP contribution in [0.25, 0.3) is 0 Å². The van der Waals surface area contributed by atoms with Gasteiger partial charge in [0.05, 0.1) is 13.2 Å².